The van der Waals surface area contributed by atoms with Gasteiger partial charge in [0.05, 0.1) is 24.8 Å². The normalized spacial score (nSPS) is 16.0. The molecule has 2 aromatic carbocycles. The Hall–Kier alpha value is -3.62. The number of amides is 2. The molecule has 1 aliphatic rings. The molecule has 0 aliphatic carbocycles. The molecule has 0 bridgehead atoms. The Morgan fingerprint density at radius 2 is 1.87 bits per heavy atom. The first kappa shape index (κ1) is 21.1. The number of imide groups is 1. The van der Waals surface area contributed by atoms with Crippen LogP contribution in [0.3, 0.4) is 0 Å². The van der Waals surface area contributed by atoms with Crippen LogP contribution < -0.4 is 19.7 Å². The van der Waals surface area contributed by atoms with E-state index < -0.39 is 10.8 Å². The van der Waals surface area contributed by atoms with Crippen molar-refractivity contribution < 1.29 is 24.0 Å². The van der Waals surface area contributed by atoms with Gasteiger partial charge in [-0.3, -0.25) is 24.6 Å². The van der Waals surface area contributed by atoms with Gasteiger partial charge in [0.25, 0.3) is 5.69 Å². The van der Waals surface area contributed by atoms with E-state index in [4.69, 9.17) is 9.47 Å². The Labute approximate surface area is 173 Å². The number of nitrogens with one attached hydrogen (secondary N) is 1. The summed E-state index contributed by atoms with van der Waals surface area (Å²) in [6.07, 6.45) is 0.706. The molecule has 2 aromatic rings. The van der Waals surface area contributed by atoms with Crippen molar-refractivity contribution in [1.29, 1.82) is 0 Å². The molecule has 158 valence electrons. The van der Waals surface area contributed by atoms with Gasteiger partial charge in [0.2, 0.25) is 11.8 Å². The summed E-state index contributed by atoms with van der Waals surface area (Å²) in [5.74, 6) is 0.121. The minimum atomic E-state index is -0.531. The number of carbonyl (C=O) groups is 2. The zero-order valence-electron chi connectivity index (χ0n) is 17.0. The van der Waals surface area contributed by atoms with E-state index in [1.807, 2.05) is 12.1 Å². The van der Waals surface area contributed by atoms with Gasteiger partial charge in [0.15, 0.2) is 11.5 Å². The molecule has 30 heavy (non-hydrogen) atoms. The standard InChI is InChI=1S/C21H23N3O6/c1-13-10-20(25)23(21(13)26)15-5-6-16(17(12-15)24(27)28)22-9-8-14-4-7-18(29-2)19(11-14)30-3/h4-7,11-13,22H,8-10H2,1-3H3/t13-/m0/s1. The quantitative estimate of drug-likeness (QED) is 0.402. The smallest absolute Gasteiger partial charge is 0.294 e. The zero-order chi connectivity index (χ0) is 21.8. The number of carbonyl (C=O) groups excluding carboxylic acids is 2. The van der Waals surface area contributed by atoms with E-state index in [9.17, 15) is 19.7 Å². The van der Waals surface area contributed by atoms with Crippen molar-refractivity contribution in [3.05, 3.63) is 52.1 Å². The first-order chi connectivity index (χ1) is 14.3. The van der Waals surface area contributed by atoms with Crippen LogP contribution in [0.1, 0.15) is 18.9 Å². The van der Waals surface area contributed by atoms with Gasteiger partial charge in [-0.2, -0.15) is 0 Å². The molecule has 2 amide bonds. The summed E-state index contributed by atoms with van der Waals surface area (Å²) in [4.78, 5) is 36.3. The SMILES string of the molecule is COc1ccc(CCNc2ccc(N3C(=O)C[C@H](C)C3=O)cc2[N+](=O)[O-])cc1OC. The van der Waals surface area contributed by atoms with E-state index >= 15 is 0 Å². The van der Waals surface area contributed by atoms with Crippen LogP contribution in [0.15, 0.2) is 36.4 Å². The number of anilines is 2. The topological polar surface area (TPSA) is 111 Å². The molecule has 9 heteroatoms. The fourth-order valence-electron chi connectivity index (χ4n) is 3.39. The molecular formula is C21H23N3O6. The second kappa shape index (κ2) is 8.81. The molecule has 0 aromatic heterocycles. The second-order valence-corrected chi connectivity index (χ2v) is 7.00. The highest BCUT2D eigenvalue weighted by Crippen LogP contribution is 2.33. The molecule has 0 spiro atoms. The lowest BCUT2D eigenvalue weighted by Gasteiger charge is -2.16. The Balaban J connectivity index is 1.74. The second-order valence-electron chi connectivity index (χ2n) is 7.00. The molecule has 1 N–H and O–H groups in total. The third-order valence-corrected chi connectivity index (χ3v) is 4.99. The van der Waals surface area contributed by atoms with E-state index in [-0.39, 0.29) is 29.6 Å². The number of nitro benzene ring substituents is 1. The van der Waals surface area contributed by atoms with E-state index in [1.54, 1.807) is 33.3 Å². The largest absolute Gasteiger partial charge is 0.493 e. The fraction of sp³-hybridized carbons (Fsp3) is 0.333. The summed E-state index contributed by atoms with van der Waals surface area (Å²) in [7, 11) is 3.12. The zero-order valence-corrected chi connectivity index (χ0v) is 17.0. The molecule has 1 fully saturated rings. The van der Waals surface area contributed by atoms with Gasteiger partial charge >= 0.3 is 0 Å². The maximum atomic E-state index is 12.2. The summed E-state index contributed by atoms with van der Waals surface area (Å²) in [6.45, 7) is 2.10. The Kier molecular flexibility index (Phi) is 6.20. The molecule has 3 rings (SSSR count). The molecule has 1 saturated heterocycles. The van der Waals surface area contributed by atoms with Gasteiger partial charge in [0, 0.05) is 24.9 Å². The van der Waals surface area contributed by atoms with Crippen LogP contribution in [0, 0.1) is 16.0 Å². The Morgan fingerprint density at radius 1 is 1.13 bits per heavy atom. The molecule has 0 radical (unpaired) electrons. The maximum Gasteiger partial charge on any atom is 0.294 e. The van der Waals surface area contributed by atoms with Crippen LogP contribution in [0.2, 0.25) is 0 Å². The minimum Gasteiger partial charge on any atom is -0.493 e. The average Bonchev–Trinajstić information content (AvgIpc) is 2.99. The predicted molar refractivity (Wildman–Crippen MR) is 111 cm³/mol. The van der Waals surface area contributed by atoms with Gasteiger partial charge in [-0.15, -0.1) is 0 Å². The van der Waals surface area contributed by atoms with Crippen LogP contribution in [-0.2, 0) is 16.0 Å². The minimum absolute atomic E-state index is 0.109. The monoisotopic (exact) mass is 413 g/mol. The molecular weight excluding hydrogens is 390 g/mol. The summed E-state index contributed by atoms with van der Waals surface area (Å²) in [6, 6.07) is 9.87. The van der Waals surface area contributed by atoms with Crippen LogP contribution >= 0.6 is 0 Å². The van der Waals surface area contributed by atoms with Crippen LogP contribution in [-0.4, -0.2) is 37.5 Å². The fourth-order valence-corrected chi connectivity index (χ4v) is 3.39. The van der Waals surface area contributed by atoms with Gasteiger partial charge in [-0.1, -0.05) is 13.0 Å². The van der Waals surface area contributed by atoms with Gasteiger partial charge in [-0.05, 0) is 36.2 Å². The first-order valence-corrected chi connectivity index (χ1v) is 9.45. The van der Waals surface area contributed by atoms with Crippen molar-refractivity contribution in [2.24, 2.45) is 5.92 Å². The van der Waals surface area contributed by atoms with Crippen LogP contribution in [0.5, 0.6) is 11.5 Å². The Bertz CT molecular complexity index is 991. The highest BCUT2D eigenvalue weighted by Gasteiger charge is 2.37. The first-order valence-electron chi connectivity index (χ1n) is 9.45. The number of hydrogen-bond donors (Lipinski definition) is 1. The van der Waals surface area contributed by atoms with E-state index in [0.717, 1.165) is 10.5 Å². The van der Waals surface area contributed by atoms with Crippen molar-refractivity contribution in [2.75, 3.05) is 31.0 Å². The highest BCUT2D eigenvalue weighted by molar-refractivity contribution is 6.21. The molecule has 0 unspecified atom stereocenters. The lowest BCUT2D eigenvalue weighted by molar-refractivity contribution is -0.383. The Morgan fingerprint density at radius 3 is 2.47 bits per heavy atom. The average molecular weight is 413 g/mol. The van der Waals surface area contributed by atoms with E-state index in [0.29, 0.717) is 30.2 Å². The van der Waals surface area contributed by atoms with Gasteiger partial charge < -0.3 is 14.8 Å². The summed E-state index contributed by atoms with van der Waals surface area (Å²) in [5.41, 5.74) is 1.31. The van der Waals surface area contributed by atoms with Crippen molar-refractivity contribution in [3.8, 4) is 11.5 Å². The highest BCUT2D eigenvalue weighted by atomic mass is 16.6. The van der Waals surface area contributed by atoms with Crippen molar-refractivity contribution in [3.63, 3.8) is 0 Å². The molecule has 1 aliphatic heterocycles. The van der Waals surface area contributed by atoms with Crippen molar-refractivity contribution in [2.45, 2.75) is 19.8 Å². The lowest BCUT2D eigenvalue weighted by Crippen LogP contribution is -2.30. The molecule has 1 atom stereocenters. The lowest BCUT2D eigenvalue weighted by atomic mass is 10.1. The van der Waals surface area contributed by atoms with Gasteiger partial charge in [-0.25, -0.2) is 0 Å². The van der Waals surface area contributed by atoms with Crippen LogP contribution in [0.4, 0.5) is 17.1 Å². The van der Waals surface area contributed by atoms with Crippen molar-refractivity contribution in [1.82, 2.24) is 0 Å². The number of methoxy groups -OCH3 is 2. The molecule has 1 heterocycles. The van der Waals surface area contributed by atoms with Gasteiger partial charge in [0.1, 0.15) is 5.69 Å². The third kappa shape index (κ3) is 4.19. The van der Waals surface area contributed by atoms with Crippen molar-refractivity contribution >= 4 is 28.9 Å². The molecule has 9 nitrogen and oxygen atoms in total. The number of hydrogen-bond acceptors (Lipinski definition) is 7. The van der Waals surface area contributed by atoms with E-state index in [2.05, 4.69) is 5.32 Å². The van der Waals surface area contributed by atoms with Crippen LogP contribution in [0.25, 0.3) is 0 Å². The summed E-state index contributed by atoms with van der Waals surface area (Å²) >= 11 is 0. The number of benzene rings is 2. The number of rotatable bonds is 8. The number of ether oxygens (including phenoxy) is 2. The third-order valence-electron chi connectivity index (χ3n) is 4.99. The number of nitro groups is 1. The number of nitrogens with zero attached hydrogens (tertiary/aromatic N) is 2. The maximum absolute atomic E-state index is 12.2. The summed E-state index contributed by atoms with van der Waals surface area (Å²) in [5, 5.41) is 14.6. The molecule has 0 saturated carbocycles. The van der Waals surface area contributed by atoms with E-state index in [1.165, 1.54) is 12.1 Å². The predicted octanol–water partition coefficient (Wildman–Crippen LogP) is 3.17. The summed E-state index contributed by atoms with van der Waals surface area (Å²) < 4.78 is 10.5.